The van der Waals surface area contributed by atoms with Gasteiger partial charge in [-0.15, -0.1) is 4.91 Å². The van der Waals surface area contributed by atoms with E-state index in [9.17, 15) is 4.91 Å². The van der Waals surface area contributed by atoms with Crippen LogP contribution in [0.15, 0.2) is 33.9 Å². The van der Waals surface area contributed by atoms with Crippen molar-refractivity contribution in [3.05, 3.63) is 33.6 Å². The van der Waals surface area contributed by atoms with Crippen LogP contribution in [0.5, 0.6) is 0 Å². The zero-order chi connectivity index (χ0) is 8.69. The van der Waals surface area contributed by atoms with Crippen LogP contribution in [0.4, 0.5) is 5.69 Å². The summed E-state index contributed by atoms with van der Waals surface area (Å²) in [5.74, 6) is 0. The Morgan fingerprint density at radius 2 is 1.82 bits per heavy atom. The summed E-state index contributed by atoms with van der Waals surface area (Å²) in [5.41, 5.74) is 0.442. The molecule has 0 aliphatic carbocycles. The Labute approximate surface area is 74.7 Å². The van der Waals surface area contributed by atoms with E-state index in [1.54, 1.807) is 18.2 Å². The molecule has 0 amide bonds. The molecule has 0 aromatic heterocycles. The maximum Gasteiger partial charge on any atom is 0.122 e. The first-order valence-electron chi connectivity index (χ1n) is 3.42. The third-order valence-corrected chi connectivity index (χ3v) is 1.62. The third kappa shape index (κ3) is 3.28. The lowest BCUT2D eigenvalue weighted by atomic mass is 10.3. The van der Waals surface area contributed by atoms with Crippen LogP contribution in [0.3, 0.4) is 0 Å². The lowest BCUT2D eigenvalue weighted by molar-refractivity contribution is 1.47. The lowest BCUT2D eigenvalue weighted by Gasteiger charge is -1.88. The van der Waals surface area contributed by atoms with Gasteiger partial charge in [-0.1, -0.05) is 26.0 Å². The summed E-state index contributed by atoms with van der Waals surface area (Å²) in [7, 11) is 0. The number of rotatable bonds is 1. The molecule has 0 saturated carbocycles. The number of nitroso groups, excluding NO2 is 1. The van der Waals surface area contributed by atoms with Gasteiger partial charge in [-0.2, -0.15) is 0 Å². The third-order valence-electron chi connectivity index (χ3n) is 0.951. The Morgan fingerprint density at radius 1 is 1.27 bits per heavy atom. The Kier molecular flexibility index (Phi) is 5.65. The van der Waals surface area contributed by atoms with Gasteiger partial charge in [-0.25, -0.2) is 0 Å². The average Bonchev–Trinajstić information content (AvgIpc) is 2.09. The molecule has 1 aromatic carbocycles. The molecule has 0 spiro atoms. The van der Waals surface area contributed by atoms with E-state index in [-0.39, 0.29) is 0 Å². The van der Waals surface area contributed by atoms with Gasteiger partial charge >= 0.3 is 0 Å². The predicted octanol–water partition coefficient (Wildman–Crippen LogP) is 3.87. The van der Waals surface area contributed by atoms with Crippen LogP contribution in [-0.4, -0.2) is 0 Å². The Morgan fingerprint density at radius 3 is 2.18 bits per heavy atom. The summed E-state index contributed by atoms with van der Waals surface area (Å²) in [4.78, 5) is 9.95. The minimum absolute atomic E-state index is 0.442. The first-order chi connectivity index (χ1) is 5.34. The number of benzene rings is 1. The monoisotopic (exact) mass is 215 g/mol. The molecule has 0 radical (unpaired) electrons. The number of nitrogens with zero attached hydrogens (tertiary/aromatic N) is 1. The van der Waals surface area contributed by atoms with Crippen LogP contribution in [0.25, 0.3) is 0 Å². The second-order valence-corrected chi connectivity index (χ2v) is 2.40. The van der Waals surface area contributed by atoms with E-state index in [0.29, 0.717) is 5.69 Å². The highest BCUT2D eigenvalue weighted by atomic mass is 79.9. The van der Waals surface area contributed by atoms with E-state index < -0.39 is 0 Å². The van der Waals surface area contributed by atoms with E-state index >= 15 is 0 Å². The molecule has 0 N–H and O–H groups in total. The Bertz CT molecular complexity index is 225. The van der Waals surface area contributed by atoms with Crippen LogP contribution in [0.1, 0.15) is 13.8 Å². The number of hydrogen-bond acceptors (Lipinski definition) is 2. The zero-order valence-electron chi connectivity index (χ0n) is 6.54. The molecule has 1 rings (SSSR count). The average molecular weight is 216 g/mol. The van der Waals surface area contributed by atoms with E-state index in [2.05, 4.69) is 21.1 Å². The standard InChI is InChI=1S/C6H4BrNO.C2H6/c7-5-3-1-2-4-6(5)8-9;1-2/h1-4H;1-2H3. The fraction of sp³-hybridized carbons (Fsp3) is 0.250. The number of hydrogen-bond donors (Lipinski definition) is 0. The maximum atomic E-state index is 9.95. The summed E-state index contributed by atoms with van der Waals surface area (Å²) >= 11 is 3.16. The fourth-order valence-corrected chi connectivity index (χ4v) is 0.883. The van der Waals surface area contributed by atoms with Gasteiger partial charge in [0, 0.05) is 4.47 Å². The van der Waals surface area contributed by atoms with Crippen molar-refractivity contribution in [1.29, 1.82) is 0 Å². The molecule has 0 saturated heterocycles. The molecule has 2 nitrogen and oxygen atoms in total. The van der Waals surface area contributed by atoms with Crippen LogP contribution in [-0.2, 0) is 0 Å². The highest BCUT2D eigenvalue weighted by Crippen LogP contribution is 2.23. The second kappa shape index (κ2) is 6.04. The van der Waals surface area contributed by atoms with Crippen molar-refractivity contribution >= 4 is 21.6 Å². The van der Waals surface area contributed by atoms with E-state index in [1.165, 1.54) is 0 Å². The van der Waals surface area contributed by atoms with Gasteiger partial charge in [0.2, 0.25) is 0 Å². The number of halogens is 1. The van der Waals surface area contributed by atoms with Gasteiger partial charge in [-0.05, 0) is 33.2 Å². The van der Waals surface area contributed by atoms with Crippen molar-refractivity contribution in [2.45, 2.75) is 13.8 Å². The molecular formula is C8H10BrNO. The summed E-state index contributed by atoms with van der Waals surface area (Å²) in [5, 5.41) is 2.77. The lowest BCUT2D eigenvalue weighted by Crippen LogP contribution is -1.63. The van der Waals surface area contributed by atoms with E-state index in [4.69, 9.17) is 0 Å². The molecule has 0 atom stereocenters. The highest BCUT2D eigenvalue weighted by molar-refractivity contribution is 9.10. The Hall–Kier alpha value is -0.700. The summed E-state index contributed by atoms with van der Waals surface area (Å²) in [6.07, 6.45) is 0. The van der Waals surface area contributed by atoms with Crippen LogP contribution in [0.2, 0.25) is 0 Å². The Balaban J connectivity index is 0.000000461. The first kappa shape index (κ1) is 10.3. The summed E-state index contributed by atoms with van der Waals surface area (Å²) in [6, 6.07) is 7.02. The summed E-state index contributed by atoms with van der Waals surface area (Å²) < 4.78 is 0.736. The van der Waals surface area contributed by atoms with Gasteiger partial charge in [0.15, 0.2) is 0 Å². The van der Waals surface area contributed by atoms with Crippen molar-refractivity contribution in [1.82, 2.24) is 0 Å². The molecule has 0 fully saturated rings. The maximum absolute atomic E-state index is 9.95. The molecule has 3 heteroatoms. The molecule has 0 unspecified atom stereocenters. The molecule has 11 heavy (non-hydrogen) atoms. The normalized spacial score (nSPS) is 7.91. The van der Waals surface area contributed by atoms with Crippen LogP contribution in [0, 0.1) is 4.91 Å². The molecule has 1 aromatic rings. The van der Waals surface area contributed by atoms with Crippen LogP contribution < -0.4 is 0 Å². The molecule has 0 bridgehead atoms. The highest BCUT2D eigenvalue weighted by Gasteiger charge is 1.93. The van der Waals surface area contributed by atoms with Crippen molar-refractivity contribution in [2.24, 2.45) is 5.18 Å². The minimum atomic E-state index is 0.442. The predicted molar refractivity (Wildman–Crippen MR) is 50.9 cm³/mol. The molecular weight excluding hydrogens is 206 g/mol. The molecule has 60 valence electrons. The van der Waals surface area contributed by atoms with Gasteiger partial charge < -0.3 is 0 Å². The van der Waals surface area contributed by atoms with Crippen molar-refractivity contribution in [3.63, 3.8) is 0 Å². The summed E-state index contributed by atoms with van der Waals surface area (Å²) in [6.45, 7) is 4.00. The van der Waals surface area contributed by atoms with Crippen molar-refractivity contribution < 1.29 is 0 Å². The topological polar surface area (TPSA) is 29.4 Å². The zero-order valence-corrected chi connectivity index (χ0v) is 8.13. The molecule has 0 heterocycles. The van der Waals surface area contributed by atoms with Gasteiger partial charge in [0.1, 0.15) is 5.69 Å². The largest absolute Gasteiger partial charge is 0.145 e. The van der Waals surface area contributed by atoms with Crippen LogP contribution >= 0.6 is 15.9 Å². The van der Waals surface area contributed by atoms with Crippen molar-refractivity contribution in [2.75, 3.05) is 0 Å². The van der Waals surface area contributed by atoms with Gasteiger partial charge in [0.05, 0.1) is 0 Å². The quantitative estimate of drug-likeness (QED) is 0.655. The first-order valence-corrected chi connectivity index (χ1v) is 4.22. The smallest absolute Gasteiger partial charge is 0.122 e. The van der Waals surface area contributed by atoms with Gasteiger partial charge in [-0.3, -0.25) is 0 Å². The second-order valence-electron chi connectivity index (χ2n) is 1.54. The fourth-order valence-electron chi connectivity index (χ4n) is 0.526. The van der Waals surface area contributed by atoms with Crippen molar-refractivity contribution in [3.8, 4) is 0 Å². The molecule has 0 aliphatic heterocycles. The van der Waals surface area contributed by atoms with E-state index in [1.807, 2.05) is 19.9 Å². The minimum Gasteiger partial charge on any atom is -0.145 e. The van der Waals surface area contributed by atoms with Gasteiger partial charge in [0.25, 0.3) is 0 Å². The van der Waals surface area contributed by atoms with E-state index in [0.717, 1.165) is 4.47 Å². The molecule has 0 aliphatic rings. The SMILES string of the molecule is CC.O=Nc1ccccc1Br.